The molecule has 0 unspecified atom stereocenters. The van der Waals surface area contributed by atoms with E-state index in [1.807, 2.05) is 10.9 Å². The molecule has 0 aromatic heterocycles. The standard InChI is InChI=1S/C2H2N3O2/c6-1-3-2(7)5-4-1/h(H,4,6)(H,5,7). The smallest absolute Gasteiger partial charge is 0.246 e. The van der Waals surface area contributed by atoms with Crippen LogP contribution in [0.25, 0.3) is 0 Å². The molecule has 1 fully saturated rings. The third kappa shape index (κ3) is 0.594. The Kier molecular flexibility index (Phi) is 0.619. The maximum Gasteiger partial charge on any atom is 0.364 e. The molecule has 0 aromatic carbocycles. The number of carbonyl (C=O) groups excluding carboxylic acids is 2. The van der Waals surface area contributed by atoms with Crippen LogP contribution >= 0.6 is 0 Å². The first-order valence-electron chi connectivity index (χ1n) is 1.61. The van der Waals surface area contributed by atoms with E-state index in [2.05, 4.69) is 5.32 Å². The Balaban J connectivity index is 2.55. The summed E-state index contributed by atoms with van der Waals surface area (Å²) in [6.45, 7) is 0. The highest BCUT2D eigenvalue weighted by Crippen LogP contribution is 1.73. The Hall–Kier alpha value is -1.26. The Morgan fingerprint density at radius 3 is 1.71 bits per heavy atom. The monoisotopic (exact) mass is 100 g/mol. The first-order valence-corrected chi connectivity index (χ1v) is 1.61. The van der Waals surface area contributed by atoms with E-state index in [0.717, 1.165) is 0 Å². The SMILES string of the molecule is O=C1[N]C(=O)NN1. The van der Waals surface area contributed by atoms with Crippen LogP contribution in [0.1, 0.15) is 0 Å². The lowest BCUT2D eigenvalue weighted by molar-refractivity contribution is 0.242. The highest BCUT2D eigenvalue weighted by atomic mass is 16.2. The van der Waals surface area contributed by atoms with E-state index in [0.29, 0.717) is 0 Å². The third-order valence-electron chi connectivity index (χ3n) is 0.479. The molecule has 1 heterocycles. The number of imide groups is 1. The van der Waals surface area contributed by atoms with Gasteiger partial charge in [-0.1, -0.05) is 0 Å². The maximum atomic E-state index is 9.89. The molecule has 0 atom stereocenters. The summed E-state index contributed by atoms with van der Waals surface area (Å²) in [6.07, 6.45) is 0. The molecule has 1 aliphatic heterocycles. The second kappa shape index (κ2) is 1.11. The van der Waals surface area contributed by atoms with Crippen LogP contribution in [0.2, 0.25) is 0 Å². The first kappa shape index (κ1) is 3.91. The molecule has 0 aromatic rings. The minimum absolute atomic E-state index is 0.634. The number of hydrogen-bond acceptors (Lipinski definition) is 2. The van der Waals surface area contributed by atoms with Gasteiger partial charge in [-0.15, -0.1) is 5.32 Å². The van der Waals surface area contributed by atoms with Crippen molar-refractivity contribution in [2.45, 2.75) is 0 Å². The van der Waals surface area contributed by atoms with Gasteiger partial charge in [0.05, 0.1) is 0 Å². The third-order valence-corrected chi connectivity index (χ3v) is 0.479. The minimum atomic E-state index is -0.634. The summed E-state index contributed by atoms with van der Waals surface area (Å²) in [6, 6.07) is -1.27. The van der Waals surface area contributed by atoms with Crippen LogP contribution in [0.15, 0.2) is 0 Å². The lowest BCUT2D eigenvalue weighted by Crippen LogP contribution is -2.26. The van der Waals surface area contributed by atoms with Crippen LogP contribution in [-0.2, 0) is 0 Å². The second-order valence-electron chi connectivity index (χ2n) is 0.972. The van der Waals surface area contributed by atoms with Gasteiger partial charge in [0.25, 0.3) is 0 Å². The largest absolute Gasteiger partial charge is 0.364 e. The van der Waals surface area contributed by atoms with E-state index in [1.54, 1.807) is 0 Å². The number of nitrogens with one attached hydrogen (secondary N) is 2. The van der Waals surface area contributed by atoms with Crippen molar-refractivity contribution >= 4 is 12.1 Å². The fourth-order valence-corrected chi connectivity index (χ4v) is 0.255. The lowest BCUT2D eigenvalue weighted by Gasteiger charge is -1.79. The lowest BCUT2D eigenvalue weighted by atomic mass is 11.0. The molecule has 5 nitrogen and oxygen atoms in total. The van der Waals surface area contributed by atoms with E-state index in [1.165, 1.54) is 0 Å². The molecule has 0 saturated carbocycles. The highest BCUT2D eigenvalue weighted by molar-refractivity contribution is 5.98. The van der Waals surface area contributed by atoms with Crippen molar-refractivity contribution in [3.05, 3.63) is 0 Å². The summed E-state index contributed by atoms with van der Waals surface area (Å²) < 4.78 is 0. The number of hydrazine groups is 1. The summed E-state index contributed by atoms with van der Waals surface area (Å²) in [7, 11) is 0. The molecule has 1 saturated heterocycles. The average Bonchev–Trinajstić information content (AvgIpc) is 1.87. The molecule has 0 aliphatic carbocycles. The number of rotatable bonds is 0. The number of amides is 4. The van der Waals surface area contributed by atoms with Crippen LogP contribution in [-0.4, -0.2) is 12.1 Å². The van der Waals surface area contributed by atoms with Crippen molar-refractivity contribution in [3.8, 4) is 0 Å². The minimum Gasteiger partial charge on any atom is -0.246 e. The quantitative estimate of drug-likeness (QED) is 0.407. The van der Waals surface area contributed by atoms with Crippen LogP contribution in [0.5, 0.6) is 0 Å². The van der Waals surface area contributed by atoms with Gasteiger partial charge in [0, 0.05) is 0 Å². The van der Waals surface area contributed by atoms with Crippen molar-refractivity contribution in [2.75, 3.05) is 0 Å². The highest BCUT2D eigenvalue weighted by Gasteiger charge is 2.16. The normalized spacial score (nSPS) is 17.7. The molecule has 0 spiro atoms. The summed E-state index contributed by atoms with van der Waals surface area (Å²) in [4.78, 5) is 19.8. The van der Waals surface area contributed by atoms with Crippen molar-refractivity contribution in [3.63, 3.8) is 0 Å². The van der Waals surface area contributed by atoms with Gasteiger partial charge >= 0.3 is 12.1 Å². The van der Waals surface area contributed by atoms with Crippen molar-refractivity contribution in [1.82, 2.24) is 16.2 Å². The molecule has 4 amide bonds. The molecule has 37 valence electrons. The first-order chi connectivity index (χ1) is 3.29. The van der Waals surface area contributed by atoms with E-state index < -0.39 is 12.1 Å². The average molecular weight is 100 g/mol. The predicted molar refractivity (Wildman–Crippen MR) is 19.2 cm³/mol. The van der Waals surface area contributed by atoms with Crippen LogP contribution in [0.3, 0.4) is 0 Å². The van der Waals surface area contributed by atoms with Crippen molar-refractivity contribution in [1.29, 1.82) is 0 Å². The van der Waals surface area contributed by atoms with Gasteiger partial charge in [-0.25, -0.2) is 20.4 Å². The summed E-state index contributed by atoms with van der Waals surface area (Å²) >= 11 is 0. The Labute approximate surface area is 39.0 Å². The number of carbonyl (C=O) groups is 2. The van der Waals surface area contributed by atoms with Gasteiger partial charge in [0.2, 0.25) is 0 Å². The summed E-state index contributed by atoms with van der Waals surface area (Å²) in [5.74, 6) is 0. The number of hydrogen-bond donors (Lipinski definition) is 2. The fourth-order valence-electron chi connectivity index (χ4n) is 0.255. The van der Waals surface area contributed by atoms with Crippen molar-refractivity contribution in [2.24, 2.45) is 0 Å². The van der Waals surface area contributed by atoms with Crippen LogP contribution in [0, 0.1) is 0 Å². The molecule has 1 aliphatic rings. The van der Waals surface area contributed by atoms with E-state index in [-0.39, 0.29) is 0 Å². The topological polar surface area (TPSA) is 72.3 Å². The zero-order valence-electron chi connectivity index (χ0n) is 3.26. The zero-order chi connectivity index (χ0) is 5.28. The Morgan fingerprint density at radius 2 is 1.57 bits per heavy atom. The van der Waals surface area contributed by atoms with Crippen molar-refractivity contribution < 1.29 is 9.59 Å². The predicted octanol–water partition coefficient (Wildman–Crippen LogP) is -1.06. The zero-order valence-corrected chi connectivity index (χ0v) is 3.26. The van der Waals surface area contributed by atoms with Crippen LogP contribution < -0.4 is 16.2 Å². The number of nitrogens with zero attached hydrogens (tertiary/aromatic N) is 1. The van der Waals surface area contributed by atoms with Gasteiger partial charge in [0.15, 0.2) is 0 Å². The molecule has 0 bridgehead atoms. The van der Waals surface area contributed by atoms with Gasteiger partial charge < -0.3 is 0 Å². The summed E-state index contributed by atoms with van der Waals surface area (Å²) in [5.41, 5.74) is 3.93. The molecule has 5 heteroatoms. The van der Waals surface area contributed by atoms with Gasteiger partial charge in [-0.05, 0) is 0 Å². The maximum absolute atomic E-state index is 9.89. The molecule has 7 heavy (non-hydrogen) atoms. The van der Waals surface area contributed by atoms with Gasteiger partial charge in [0.1, 0.15) is 0 Å². The summed E-state index contributed by atoms with van der Waals surface area (Å²) in [5, 5.41) is 2.89. The van der Waals surface area contributed by atoms with Gasteiger partial charge in [-0.3, -0.25) is 0 Å². The molecule has 1 radical (unpaired) electrons. The number of urea groups is 2. The molecule has 2 N–H and O–H groups in total. The molecular formula is C2H2N3O2. The van der Waals surface area contributed by atoms with E-state index in [4.69, 9.17) is 0 Å². The van der Waals surface area contributed by atoms with Crippen LogP contribution in [0.4, 0.5) is 9.59 Å². The Morgan fingerprint density at radius 1 is 1.14 bits per heavy atom. The molecule has 1 rings (SSSR count). The Bertz CT molecular complexity index is 106. The molecular weight excluding hydrogens is 98.0 g/mol. The van der Waals surface area contributed by atoms with E-state index >= 15 is 0 Å². The van der Waals surface area contributed by atoms with E-state index in [9.17, 15) is 9.59 Å². The second-order valence-corrected chi connectivity index (χ2v) is 0.972. The fraction of sp³-hybridized carbons (Fsp3) is 0. The van der Waals surface area contributed by atoms with Gasteiger partial charge in [-0.2, -0.15) is 0 Å².